The smallest absolute Gasteiger partial charge is 0.0787 e. The molecule has 1 aromatic rings. The van der Waals surface area contributed by atoms with Crippen molar-refractivity contribution >= 4 is 0 Å². The summed E-state index contributed by atoms with van der Waals surface area (Å²) >= 11 is 0. The van der Waals surface area contributed by atoms with Gasteiger partial charge in [0.25, 0.3) is 0 Å². The Morgan fingerprint density at radius 2 is 2.00 bits per heavy atom. The van der Waals surface area contributed by atoms with Crippen molar-refractivity contribution in [3.8, 4) is 0 Å². The van der Waals surface area contributed by atoms with Crippen LogP contribution in [0.2, 0.25) is 0 Å². The number of hydrogen-bond acceptors (Lipinski definition) is 1. The summed E-state index contributed by atoms with van der Waals surface area (Å²) in [7, 11) is 0. The SMILES string of the molecule is CCC(O)c1ccccc1.[HH]. The lowest BCUT2D eigenvalue weighted by Gasteiger charge is -2.05. The number of benzene rings is 1. The third-order valence-corrected chi connectivity index (χ3v) is 1.57. The van der Waals surface area contributed by atoms with Gasteiger partial charge in [-0.2, -0.15) is 0 Å². The fourth-order valence-electron chi connectivity index (χ4n) is 0.911. The Kier molecular flexibility index (Phi) is 2.46. The monoisotopic (exact) mass is 138 g/mol. The molecule has 0 bridgehead atoms. The van der Waals surface area contributed by atoms with Gasteiger partial charge in [0.2, 0.25) is 0 Å². The first kappa shape index (κ1) is 7.29. The van der Waals surface area contributed by atoms with E-state index in [1.54, 1.807) is 0 Å². The molecule has 0 fully saturated rings. The molecule has 1 heteroatoms. The fourth-order valence-corrected chi connectivity index (χ4v) is 0.911. The van der Waals surface area contributed by atoms with E-state index in [1.165, 1.54) is 0 Å². The minimum Gasteiger partial charge on any atom is -0.388 e. The van der Waals surface area contributed by atoms with Gasteiger partial charge < -0.3 is 5.11 Å². The van der Waals surface area contributed by atoms with E-state index in [9.17, 15) is 5.11 Å². The van der Waals surface area contributed by atoms with Crippen LogP contribution in [-0.2, 0) is 0 Å². The van der Waals surface area contributed by atoms with Gasteiger partial charge >= 0.3 is 0 Å². The highest BCUT2D eigenvalue weighted by Crippen LogP contribution is 2.14. The van der Waals surface area contributed by atoms with Crippen molar-refractivity contribution in [2.75, 3.05) is 0 Å². The third-order valence-electron chi connectivity index (χ3n) is 1.57. The van der Waals surface area contributed by atoms with E-state index in [2.05, 4.69) is 0 Å². The predicted molar refractivity (Wildman–Crippen MR) is 43.8 cm³/mol. The van der Waals surface area contributed by atoms with E-state index in [0.717, 1.165) is 12.0 Å². The Balaban J connectivity index is 0.000001000. The zero-order valence-corrected chi connectivity index (χ0v) is 6.12. The molecular weight excluding hydrogens is 124 g/mol. The first-order chi connectivity index (χ1) is 4.84. The van der Waals surface area contributed by atoms with Gasteiger partial charge in [0, 0.05) is 1.43 Å². The van der Waals surface area contributed by atoms with Crippen molar-refractivity contribution in [1.82, 2.24) is 0 Å². The van der Waals surface area contributed by atoms with Crippen LogP contribution in [0.5, 0.6) is 0 Å². The molecule has 0 aromatic heterocycles. The van der Waals surface area contributed by atoms with Crippen molar-refractivity contribution in [1.29, 1.82) is 0 Å². The molecule has 1 nitrogen and oxygen atoms in total. The number of hydrogen-bond donors (Lipinski definition) is 1. The van der Waals surface area contributed by atoms with E-state index >= 15 is 0 Å². The summed E-state index contributed by atoms with van der Waals surface area (Å²) in [5.74, 6) is 0. The van der Waals surface area contributed by atoms with Crippen LogP contribution < -0.4 is 0 Å². The standard InChI is InChI=1S/C9H12O.H2/c1-2-9(10)8-6-4-3-5-7-8;/h3-7,9-10H,2H2,1H3;1H. The molecule has 1 atom stereocenters. The van der Waals surface area contributed by atoms with Crippen molar-refractivity contribution in [2.24, 2.45) is 0 Å². The van der Waals surface area contributed by atoms with Gasteiger partial charge in [0.1, 0.15) is 0 Å². The fraction of sp³-hybridized carbons (Fsp3) is 0.333. The first-order valence-corrected chi connectivity index (χ1v) is 3.57. The highest BCUT2D eigenvalue weighted by Gasteiger charge is 2.00. The lowest BCUT2D eigenvalue weighted by Crippen LogP contribution is -1.93. The molecule has 0 spiro atoms. The molecule has 0 aliphatic rings. The minimum absolute atomic E-state index is 0. The Hall–Kier alpha value is -0.820. The van der Waals surface area contributed by atoms with Gasteiger partial charge in [-0.3, -0.25) is 0 Å². The Labute approximate surface area is 62.8 Å². The summed E-state index contributed by atoms with van der Waals surface area (Å²) in [5.41, 5.74) is 1.00. The summed E-state index contributed by atoms with van der Waals surface area (Å²) in [5, 5.41) is 9.33. The molecule has 1 aromatic carbocycles. The maximum atomic E-state index is 9.33. The molecule has 1 N–H and O–H groups in total. The predicted octanol–water partition coefficient (Wildman–Crippen LogP) is 2.38. The van der Waals surface area contributed by atoms with Gasteiger partial charge in [0.05, 0.1) is 6.10 Å². The zero-order valence-electron chi connectivity index (χ0n) is 6.12. The summed E-state index contributed by atoms with van der Waals surface area (Å²) in [6, 6.07) is 9.70. The lowest BCUT2D eigenvalue weighted by molar-refractivity contribution is 0.173. The maximum Gasteiger partial charge on any atom is 0.0787 e. The Bertz CT molecular complexity index is 186. The highest BCUT2D eigenvalue weighted by molar-refractivity contribution is 5.16. The second-order valence-corrected chi connectivity index (χ2v) is 2.33. The van der Waals surface area contributed by atoms with Crippen LogP contribution in [0.25, 0.3) is 0 Å². The molecule has 0 aliphatic heterocycles. The van der Waals surface area contributed by atoms with E-state index in [1.807, 2.05) is 37.3 Å². The largest absolute Gasteiger partial charge is 0.388 e. The Morgan fingerprint density at radius 3 is 2.50 bits per heavy atom. The van der Waals surface area contributed by atoms with E-state index < -0.39 is 0 Å². The molecule has 0 saturated heterocycles. The van der Waals surface area contributed by atoms with Crippen LogP contribution in [-0.4, -0.2) is 5.11 Å². The number of aliphatic hydroxyl groups is 1. The van der Waals surface area contributed by atoms with Crippen molar-refractivity contribution in [3.63, 3.8) is 0 Å². The summed E-state index contributed by atoms with van der Waals surface area (Å²) in [6.45, 7) is 1.97. The van der Waals surface area contributed by atoms with Crippen LogP contribution >= 0.6 is 0 Å². The summed E-state index contributed by atoms with van der Waals surface area (Å²) in [6.07, 6.45) is 0.491. The first-order valence-electron chi connectivity index (χ1n) is 3.57. The normalized spacial score (nSPS) is 13.0. The summed E-state index contributed by atoms with van der Waals surface area (Å²) in [4.78, 5) is 0. The van der Waals surface area contributed by atoms with Gasteiger partial charge in [-0.15, -0.1) is 0 Å². The molecule has 1 unspecified atom stereocenters. The Morgan fingerprint density at radius 1 is 1.40 bits per heavy atom. The van der Waals surface area contributed by atoms with Crippen LogP contribution in [0.3, 0.4) is 0 Å². The van der Waals surface area contributed by atoms with Crippen LogP contribution in [0.15, 0.2) is 30.3 Å². The van der Waals surface area contributed by atoms with Gasteiger partial charge in [0.15, 0.2) is 0 Å². The summed E-state index contributed by atoms with van der Waals surface area (Å²) < 4.78 is 0. The number of rotatable bonds is 2. The minimum atomic E-state index is -0.291. The van der Waals surface area contributed by atoms with Gasteiger partial charge in [-0.05, 0) is 12.0 Å². The lowest BCUT2D eigenvalue weighted by atomic mass is 10.1. The van der Waals surface area contributed by atoms with Crippen LogP contribution in [0.4, 0.5) is 0 Å². The maximum absolute atomic E-state index is 9.33. The second kappa shape index (κ2) is 3.37. The van der Waals surface area contributed by atoms with Gasteiger partial charge in [-0.1, -0.05) is 37.3 Å². The molecule has 1 rings (SSSR count). The van der Waals surface area contributed by atoms with Crippen molar-refractivity contribution in [3.05, 3.63) is 35.9 Å². The molecule has 0 radical (unpaired) electrons. The van der Waals surface area contributed by atoms with Crippen LogP contribution in [0, 0.1) is 0 Å². The number of aliphatic hydroxyl groups excluding tert-OH is 1. The average Bonchev–Trinajstić information content (AvgIpc) is 2.05. The molecule has 0 heterocycles. The quantitative estimate of drug-likeness (QED) is 0.665. The highest BCUT2D eigenvalue weighted by atomic mass is 16.3. The molecule has 0 aliphatic carbocycles. The molecule has 0 saturated carbocycles. The molecular formula is C9H14O. The van der Waals surface area contributed by atoms with Crippen molar-refractivity contribution < 1.29 is 6.53 Å². The molecule has 56 valence electrons. The van der Waals surface area contributed by atoms with E-state index in [0.29, 0.717) is 0 Å². The topological polar surface area (TPSA) is 20.2 Å². The van der Waals surface area contributed by atoms with E-state index in [-0.39, 0.29) is 7.53 Å². The van der Waals surface area contributed by atoms with E-state index in [4.69, 9.17) is 0 Å². The average molecular weight is 138 g/mol. The molecule has 10 heavy (non-hydrogen) atoms. The van der Waals surface area contributed by atoms with Gasteiger partial charge in [-0.25, -0.2) is 0 Å². The third kappa shape index (κ3) is 1.58. The molecule has 0 amide bonds. The van der Waals surface area contributed by atoms with Crippen molar-refractivity contribution in [2.45, 2.75) is 19.4 Å². The zero-order chi connectivity index (χ0) is 7.40. The van der Waals surface area contributed by atoms with Crippen LogP contribution in [0.1, 0.15) is 26.4 Å². The second-order valence-electron chi connectivity index (χ2n) is 2.33.